The molecule has 0 bridgehead atoms. The van der Waals surface area contributed by atoms with Crippen molar-refractivity contribution in [2.24, 2.45) is 11.8 Å². The predicted molar refractivity (Wildman–Crippen MR) is 154 cm³/mol. The lowest BCUT2D eigenvalue weighted by Gasteiger charge is -2.21. The van der Waals surface area contributed by atoms with Gasteiger partial charge in [-0.2, -0.15) is 0 Å². The van der Waals surface area contributed by atoms with Crippen molar-refractivity contribution in [2.45, 2.75) is 39.8 Å². The van der Waals surface area contributed by atoms with E-state index in [4.69, 9.17) is 9.47 Å². The van der Waals surface area contributed by atoms with Gasteiger partial charge in [-0.05, 0) is 48.2 Å². The SMILES string of the molecule is COC(=O)[C@@H](NCC(=O)Nc1ccc2c(c1)C(=O)c1cc(NC(=O)CN[C@H](C(=O)OC)C(C)C)ccc1C2=O)C(C)C. The summed E-state index contributed by atoms with van der Waals surface area (Å²) in [7, 11) is 2.54. The molecule has 2 aromatic carbocycles. The minimum Gasteiger partial charge on any atom is -0.468 e. The number of rotatable bonds is 12. The highest BCUT2D eigenvalue weighted by atomic mass is 16.5. The second-order valence-electron chi connectivity index (χ2n) is 10.5. The Hall–Kier alpha value is -4.42. The lowest BCUT2D eigenvalue weighted by Crippen LogP contribution is -2.45. The molecule has 0 aliphatic heterocycles. The van der Waals surface area contributed by atoms with Crippen molar-refractivity contribution in [3.05, 3.63) is 58.7 Å². The van der Waals surface area contributed by atoms with E-state index in [1.54, 1.807) is 0 Å². The van der Waals surface area contributed by atoms with Crippen molar-refractivity contribution < 1.29 is 38.2 Å². The van der Waals surface area contributed by atoms with E-state index in [1.165, 1.54) is 50.6 Å². The highest BCUT2D eigenvalue weighted by molar-refractivity contribution is 6.29. The summed E-state index contributed by atoms with van der Waals surface area (Å²) in [5.41, 5.74) is 1.19. The number of carbonyl (C=O) groups is 6. The fourth-order valence-corrected chi connectivity index (χ4v) is 4.56. The van der Waals surface area contributed by atoms with Gasteiger partial charge in [-0.3, -0.25) is 39.4 Å². The topological polar surface area (TPSA) is 169 Å². The molecule has 0 unspecified atom stereocenters. The summed E-state index contributed by atoms with van der Waals surface area (Å²) in [6.45, 7) is 6.91. The summed E-state index contributed by atoms with van der Waals surface area (Å²) in [5.74, 6) is -2.91. The summed E-state index contributed by atoms with van der Waals surface area (Å²) in [6.07, 6.45) is 0. The number of ketones is 2. The van der Waals surface area contributed by atoms with Crippen molar-refractivity contribution in [2.75, 3.05) is 37.9 Å². The van der Waals surface area contributed by atoms with Crippen LogP contribution in [0.5, 0.6) is 0 Å². The van der Waals surface area contributed by atoms with Gasteiger partial charge in [0.15, 0.2) is 11.6 Å². The molecule has 0 aromatic heterocycles. The third kappa shape index (κ3) is 7.45. The minimum absolute atomic E-state index is 0.107. The first-order valence-electron chi connectivity index (χ1n) is 13.5. The number of fused-ring (bicyclic) bond motifs is 2. The number of esters is 2. The first kappa shape index (κ1) is 32.1. The number of amides is 2. The van der Waals surface area contributed by atoms with E-state index in [2.05, 4.69) is 21.3 Å². The normalized spacial score (nSPS) is 13.6. The van der Waals surface area contributed by atoms with Crippen LogP contribution in [-0.4, -0.2) is 74.7 Å². The van der Waals surface area contributed by atoms with Gasteiger partial charge in [0.2, 0.25) is 11.8 Å². The van der Waals surface area contributed by atoms with Crippen molar-refractivity contribution >= 4 is 46.7 Å². The molecule has 12 nitrogen and oxygen atoms in total. The zero-order valence-corrected chi connectivity index (χ0v) is 24.5. The van der Waals surface area contributed by atoms with E-state index in [1.807, 2.05) is 27.7 Å². The van der Waals surface area contributed by atoms with E-state index < -0.39 is 41.6 Å². The number of nitrogens with one attached hydrogen (secondary N) is 4. The van der Waals surface area contributed by atoms with Crippen molar-refractivity contribution in [1.82, 2.24) is 10.6 Å². The summed E-state index contributed by atoms with van der Waals surface area (Å²) >= 11 is 0. The van der Waals surface area contributed by atoms with Gasteiger partial charge in [-0.25, -0.2) is 0 Å². The van der Waals surface area contributed by atoms with Gasteiger partial charge in [-0.15, -0.1) is 0 Å². The molecule has 0 heterocycles. The Bertz CT molecular complexity index is 1300. The molecule has 0 radical (unpaired) electrons. The fraction of sp³-hybridized carbons (Fsp3) is 0.400. The van der Waals surface area contributed by atoms with Crippen LogP contribution in [0.4, 0.5) is 11.4 Å². The standard InChI is InChI=1S/C30H36N4O8/c1-15(2)25(29(39)41-5)31-13-23(35)33-17-7-9-19-21(11-17)28(38)22-12-18(8-10-20(22)27(19)37)34-24(36)14-32-26(16(3)4)30(40)42-6/h7-12,15-16,25-26,31-32H,13-14H2,1-6H3,(H,33,35)(H,34,36)/t25-,26-/m0/s1. The second-order valence-corrected chi connectivity index (χ2v) is 10.5. The Morgan fingerprint density at radius 1 is 0.619 bits per heavy atom. The van der Waals surface area contributed by atoms with Gasteiger partial charge in [0, 0.05) is 33.6 Å². The maximum atomic E-state index is 13.4. The molecule has 0 fully saturated rings. The van der Waals surface area contributed by atoms with Crippen LogP contribution in [0.2, 0.25) is 0 Å². The maximum absolute atomic E-state index is 13.4. The maximum Gasteiger partial charge on any atom is 0.323 e. The Balaban J connectivity index is 1.72. The molecule has 0 saturated carbocycles. The van der Waals surface area contributed by atoms with Crippen LogP contribution in [0, 0.1) is 11.8 Å². The van der Waals surface area contributed by atoms with Crippen LogP contribution in [0.1, 0.15) is 59.5 Å². The molecule has 42 heavy (non-hydrogen) atoms. The van der Waals surface area contributed by atoms with Gasteiger partial charge >= 0.3 is 11.9 Å². The molecule has 0 spiro atoms. The molecule has 4 N–H and O–H groups in total. The van der Waals surface area contributed by atoms with Crippen LogP contribution in [0.3, 0.4) is 0 Å². The van der Waals surface area contributed by atoms with E-state index in [9.17, 15) is 28.8 Å². The van der Waals surface area contributed by atoms with E-state index in [0.29, 0.717) is 11.4 Å². The molecule has 1 aliphatic carbocycles. The van der Waals surface area contributed by atoms with Gasteiger partial charge in [-0.1, -0.05) is 27.7 Å². The number of benzene rings is 2. The number of methoxy groups -OCH3 is 2. The largest absolute Gasteiger partial charge is 0.468 e. The van der Waals surface area contributed by atoms with E-state index in [0.717, 1.165) is 0 Å². The highest BCUT2D eigenvalue weighted by Gasteiger charge is 2.31. The van der Waals surface area contributed by atoms with Crippen LogP contribution in [0.15, 0.2) is 36.4 Å². The minimum atomic E-state index is -0.671. The number of carbonyl (C=O) groups excluding carboxylic acids is 6. The highest BCUT2D eigenvalue weighted by Crippen LogP contribution is 2.31. The van der Waals surface area contributed by atoms with Gasteiger partial charge in [0.1, 0.15) is 12.1 Å². The van der Waals surface area contributed by atoms with Crippen molar-refractivity contribution in [3.8, 4) is 0 Å². The van der Waals surface area contributed by atoms with E-state index in [-0.39, 0.29) is 53.0 Å². The van der Waals surface area contributed by atoms with Gasteiger partial charge in [0.05, 0.1) is 27.3 Å². The quantitative estimate of drug-likeness (QED) is 0.232. The van der Waals surface area contributed by atoms with Crippen molar-refractivity contribution in [1.29, 1.82) is 0 Å². The van der Waals surface area contributed by atoms with Crippen LogP contribution < -0.4 is 21.3 Å². The molecule has 1 aliphatic rings. The number of anilines is 2. The zero-order valence-electron chi connectivity index (χ0n) is 24.5. The third-order valence-corrected chi connectivity index (χ3v) is 6.79. The third-order valence-electron chi connectivity index (χ3n) is 6.79. The van der Waals surface area contributed by atoms with Crippen molar-refractivity contribution in [3.63, 3.8) is 0 Å². The molecular weight excluding hydrogens is 544 g/mol. The van der Waals surface area contributed by atoms with Crippen LogP contribution in [-0.2, 0) is 28.7 Å². The average molecular weight is 581 g/mol. The van der Waals surface area contributed by atoms with Gasteiger partial charge < -0.3 is 20.1 Å². The second kappa shape index (κ2) is 14.0. The van der Waals surface area contributed by atoms with Gasteiger partial charge in [0.25, 0.3) is 0 Å². The Kier molecular flexibility index (Phi) is 10.7. The molecule has 224 valence electrons. The molecule has 2 amide bonds. The lowest BCUT2D eigenvalue weighted by atomic mass is 9.83. The summed E-state index contributed by atoms with van der Waals surface area (Å²) in [4.78, 5) is 75.5. The molecule has 3 rings (SSSR count). The summed E-state index contributed by atoms with van der Waals surface area (Å²) in [6, 6.07) is 7.49. The summed E-state index contributed by atoms with van der Waals surface area (Å²) < 4.78 is 9.53. The average Bonchev–Trinajstić information content (AvgIpc) is 2.95. The lowest BCUT2D eigenvalue weighted by molar-refractivity contribution is -0.145. The zero-order chi connectivity index (χ0) is 31.1. The smallest absolute Gasteiger partial charge is 0.323 e. The molecule has 2 aromatic rings. The Morgan fingerprint density at radius 2 is 0.976 bits per heavy atom. The fourth-order valence-electron chi connectivity index (χ4n) is 4.56. The van der Waals surface area contributed by atoms with Crippen LogP contribution >= 0.6 is 0 Å². The number of hydrogen-bond acceptors (Lipinski definition) is 10. The molecule has 12 heteroatoms. The molecular formula is C30H36N4O8. The number of ether oxygens (including phenoxy) is 2. The predicted octanol–water partition coefficient (Wildman–Crippen LogP) is 1.91. The molecule has 2 atom stereocenters. The number of hydrogen-bond donors (Lipinski definition) is 4. The monoisotopic (exact) mass is 580 g/mol. The summed E-state index contributed by atoms with van der Waals surface area (Å²) in [5, 5.41) is 11.1. The molecule has 0 saturated heterocycles. The first-order chi connectivity index (χ1) is 19.9. The van der Waals surface area contributed by atoms with Crippen LogP contribution in [0.25, 0.3) is 0 Å². The first-order valence-corrected chi connectivity index (χ1v) is 13.5. The Morgan fingerprint density at radius 3 is 1.31 bits per heavy atom. The van der Waals surface area contributed by atoms with E-state index >= 15 is 0 Å². The Labute approximate surface area is 243 Å².